The predicted molar refractivity (Wildman–Crippen MR) is 83.8 cm³/mol. The molecule has 2 amide bonds. The van der Waals surface area contributed by atoms with E-state index in [9.17, 15) is 9.59 Å². The van der Waals surface area contributed by atoms with E-state index < -0.39 is 5.41 Å². The maximum absolute atomic E-state index is 13.1. The lowest BCUT2D eigenvalue weighted by Gasteiger charge is -2.31. The van der Waals surface area contributed by atoms with E-state index in [-0.39, 0.29) is 18.4 Å². The second kappa shape index (κ2) is 6.20. The summed E-state index contributed by atoms with van der Waals surface area (Å²) in [6.45, 7) is 1.16. The number of nitrogens with zero attached hydrogens (tertiary/aromatic N) is 2. The molecule has 6 heteroatoms. The highest BCUT2D eigenvalue weighted by Crippen LogP contribution is 2.50. The first-order chi connectivity index (χ1) is 11.1. The quantitative estimate of drug-likeness (QED) is 0.822. The zero-order chi connectivity index (χ0) is 16.4. The molecule has 0 spiro atoms. The van der Waals surface area contributed by atoms with Crippen molar-refractivity contribution in [3.63, 3.8) is 0 Å². The molecule has 1 saturated heterocycles. The van der Waals surface area contributed by atoms with Gasteiger partial charge in [-0.1, -0.05) is 12.1 Å². The van der Waals surface area contributed by atoms with Gasteiger partial charge in [-0.2, -0.15) is 0 Å². The first-order valence-corrected chi connectivity index (χ1v) is 7.88. The molecular weight excluding hydrogens is 296 g/mol. The Hall–Kier alpha value is -2.08. The maximum Gasteiger partial charge on any atom is 0.267 e. The highest BCUT2D eigenvalue weighted by molar-refractivity contribution is 5.93. The van der Waals surface area contributed by atoms with Gasteiger partial charge in [0.25, 0.3) is 11.8 Å². The van der Waals surface area contributed by atoms with Crippen molar-refractivity contribution in [2.45, 2.75) is 24.7 Å². The van der Waals surface area contributed by atoms with E-state index >= 15 is 0 Å². The summed E-state index contributed by atoms with van der Waals surface area (Å²) >= 11 is 0. The van der Waals surface area contributed by atoms with Gasteiger partial charge in [0.05, 0.1) is 12.5 Å². The molecule has 2 fully saturated rings. The van der Waals surface area contributed by atoms with Crippen molar-refractivity contribution in [2.24, 2.45) is 0 Å². The Labute approximate surface area is 135 Å². The van der Waals surface area contributed by atoms with Crippen LogP contribution in [0.2, 0.25) is 0 Å². The van der Waals surface area contributed by atoms with Gasteiger partial charge < -0.3 is 9.47 Å². The van der Waals surface area contributed by atoms with Crippen molar-refractivity contribution in [2.75, 3.05) is 33.9 Å². The lowest BCUT2D eigenvalue weighted by atomic mass is 9.94. The number of benzene rings is 1. The Balaban J connectivity index is 1.79. The molecule has 2 aliphatic rings. The summed E-state index contributed by atoms with van der Waals surface area (Å²) in [5, 5.41) is 3.15. The number of carbonyl (C=O) groups is 2. The predicted octanol–water partition coefficient (Wildman–Crippen LogP) is 1.35. The Kier molecular flexibility index (Phi) is 4.26. The SMILES string of the molecule is COCC(=O)N1CCCN1C(=O)C1(c2ccc(OC)cc2)CC1. The first-order valence-electron chi connectivity index (χ1n) is 7.88. The Bertz CT molecular complexity index is 595. The summed E-state index contributed by atoms with van der Waals surface area (Å²) in [7, 11) is 3.11. The first kappa shape index (κ1) is 15.8. The lowest BCUT2D eigenvalue weighted by molar-refractivity contribution is -0.161. The molecule has 1 aliphatic heterocycles. The minimum Gasteiger partial charge on any atom is -0.497 e. The van der Waals surface area contributed by atoms with E-state index in [1.807, 2.05) is 24.3 Å². The van der Waals surface area contributed by atoms with Crippen molar-refractivity contribution in [3.05, 3.63) is 29.8 Å². The van der Waals surface area contributed by atoms with Gasteiger partial charge in [-0.05, 0) is 37.0 Å². The van der Waals surface area contributed by atoms with Crippen molar-refractivity contribution < 1.29 is 19.1 Å². The van der Waals surface area contributed by atoms with E-state index in [0.29, 0.717) is 13.1 Å². The number of methoxy groups -OCH3 is 2. The van der Waals surface area contributed by atoms with Crippen LogP contribution in [0.15, 0.2) is 24.3 Å². The van der Waals surface area contributed by atoms with E-state index in [1.165, 1.54) is 12.1 Å². The van der Waals surface area contributed by atoms with Gasteiger partial charge in [0.1, 0.15) is 12.4 Å². The van der Waals surface area contributed by atoms with Crippen LogP contribution >= 0.6 is 0 Å². The van der Waals surface area contributed by atoms with Gasteiger partial charge in [0.2, 0.25) is 0 Å². The van der Waals surface area contributed by atoms with Crippen LogP contribution in [0.3, 0.4) is 0 Å². The fourth-order valence-electron chi connectivity index (χ4n) is 3.19. The van der Waals surface area contributed by atoms with Crippen molar-refractivity contribution in [1.82, 2.24) is 10.0 Å². The number of amides is 2. The average Bonchev–Trinajstić information content (AvgIpc) is 3.24. The molecule has 0 bridgehead atoms. The summed E-state index contributed by atoms with van der Waals surface area (Å²) < 4.78 is 10.1. The second-order valence-corrected chi connectivity index (χ2v) is 6.04. The van der Waals surface area contributed by atoms with Crippen LogP contribution in [-0.4, -0.2) is 55.7 Å². The normalized spacial score (nSPS) is 18.9. The van der Waals surface area contributed by atoms with Gasteiger partial charge in [-0.25, -0.2) is 5.01 Å². The lowest BCUT2D eigenvalue weighted by Crippen LogP contribution is -2.49. The molecule has 1 aromatic carbocycles. The Morgan fingerprint density at radius 2 is 1.74 bits per heavy atom. The molecule has 1 saturated carbocycles. The summed E-state index contributed by atoms with van der Waals surface area (Å²) in [4.78, 5) is 25.2. The van der Waals surface area contributed by atoms with E-state index in [1.54, 1.807) is 12.1 Å². The van der Waals surface area contributed by atoms with Crippen LogP contribution in [0.1, 0.15) is 24.8 Å². The van der Waals surface area contributed by atoms with Crippen LogP contribution in [0.4, 0.5) is 0 Å². The minimum absolute atomic E-state index is 0.000679. The fraction of sp³-hybridized carbons (Fsp3) is 0.529. The smallest absolute Gasteiger partial charge is 0.267 e. The molecule has 124 valence electrons. The summed E-state index contributed by atoms with van der Waals surface area (Å²) in [6.07, 6.45) is 2.45. The third-order valence-electron chi connectivity index (χ3n) is 4.62. The Morgan fingerprint density at radius 3 is 2.30 bits per heavy atom. The molecule has 0 unspecified atom stereocenters. The number of hydrazine groups is 1. The average molecular weight is 318 g/mol. The molecule has 1 aromatic rings. The molecule has 1 heterocycles. The largest absolute Gasteiger partial charge is 0.497 e. The molecule has 0 N–H and O–H groups in total. The van der Waals surface area contributed by atoms with E-state index in [2.05, 4.69) is 0 Å². The van der Waals surface area contributed by atoms with Crippen LogP contribution in [-0.2, 0) is 19.7 Å². The number of ether oxygens (including phenoxy) is 2. The van der Waals surface area contributed by atoms with Crippen LogP contribution in [0.5, 0.6) is 5.75 Å². The zero-order valence-corrected chi connectivity index (χ0v) is 13.6. The molecule has 6 nitrogen and oxygen atoms in total. The van der Waals surface area contributed by atoms with Crippen molar-refractivity contribution in [3.8, 4) is 5.75 Å². The molecule has 23 heavy (non-hydrogen) atoms. The molecule has 0 radical (unpaired) electrons. The standard InChI is InChI=1S/C17H22N2O4/c1-22-12-15(20)18-10-3-11-19(18)16(21)17(8-9-17)13-4-6-14(23-2)7-5-13/h4-7H,3,8-12H2,1-2H3. The van der Waals surface area contributed by atoms with Gasteiger partial charge in [0, 0.05) is 20.2 Å². The number of carbonyl (C=O) groups excluding carboxylic acids is 2. The van der Waals surface area contributed by atoms with Gasteiger partial charge >= 0.3 is 0 Å². The third kappa shape index (κ3) is 2.79. The summed E-state index contributed by atoms with van der Waals surface area (Å²) in [5.41, 5.74) is 0.511. The van der Waals surface area contributed by atoms with Gasteiger partial charge in [-0.15, -0.1) is 0 Å². The van der Waals surface area contributed by atoms with Crippen molar-refractivity contribution in [1.29, 1.82) is 0 Å². The minimum atomic E-state index is -0.484. The topological polar surface area (TPSA) is 59.1 Å². The van der Waals surface area contributed by atoms with Crippen LogP contribution in [0, 0.1) is 0 Å². The van der Waals surface area contributed by atoms with Gasteiger partial charge in [-0.3, -0.25) is 14.6 Å². The fourth-order valence-corrected chi connectivity index (χ4v) is 3.19. The van der Waals surface area contributed by atoms with Crippen LogP contribution in [0.25, 0.3) is 0 Å². The molecule has 3 rings (SSSR count). The Morgan fingerprint density at radius 1 is 1.09 bits per heavy atom. The third-order valence-corrected chi connectivity index (χ3v) is 4.62. The van der Waals surface area contributed by atoms with Crippen LogP contribution < -0.4 is 4.74 Å². The molecule has 1 aliphatic carbocycles. The second-order valence-electron chi connectivity index (χ2n) is 6.04. The zero-order valence-electron chi connectivity index (χ0n) is 13.6. The summed E-state index contributed by atoms with van der Waals surface area (Å²) in [5.74, 6) is 0.628. The molecule has 0 aromatic heterocycles. The molecule has 0 atom stereocenters. The van der Waals surface area contributed by atoms with Gasteiger partial charge in [0.15, 0.2) is 0 Å². The number of hydrogen-bond acceptors (Lipinski definition) is 4. The van der Waals surface area contributed by atoms with Crippen molar-refractivity contribution >= 4 is 11.8 Å². The number of rotatable bonds is 5. The van der Waals surface area contributed by atoms with E-state index in [0.717, 1.165) is 30.6 Å². The number of hydrogen-bond donors (Lipinski definition) is 0. The monoisotopic (exact) mass is 318 g/mol. The molecular formula is C17H22N2O4. The summed E-state index contributed by atoms with van der Waals surface area (Å²) in [6, 6.07) is 7.64. The van der Waals surface area contributed by atoms with E-state index in [4.69, 9.17) is 9.47 Å². The highest BCUT2D eigenvalue weighted by Gasteiger charge is 2.54. The maximum atomic E-state index is 13.1. The highest BCUT2D eigenvalue weighted by atomic mass is 16.5.